The number of carbonyl (C=O) groups is 1. The minimum atomic E-state index is -3.58. The third kappa shape index (κ3) is 3.11. The Kier molecular flexibility index (Phi) is 4.76. The van der Waals surface area contributed by atoms with Gasteiger partial charge in [0.15, 0.2) is 0 Å². The SMILES string of the molecule is CC1CC(CN)CN1C(=O)c1ccc(S(=O)(=O)c2ccccc2)s1. The van der Waals surface area contributed by atoms with Crippen molar-refractivity contribution in [3.05, 3.63) is 47.3 Å². The van der Waals surface area contributed by atoms with E-state index in [0.717, 1.165) is 17.8 Å². The first-order valence-electron chi connectivity index (χ1n) is 7.84. The van der Waals surface area contributed by atoms with Gasteiger partial charge in [0.2, 0.25) is 9.84 Å². The van der Waals surface area contributed by atoms with Gasteiger partial charge >= 0.3 is 0 Å². The van der Waals surface area contributed by atoms with Crippen LogP contribution in [0.5, 0.6) is 0 Å². The van der Waals surface area contributed by atoms with Crippen LogP contribution in [0.1, 0.15) is 23.0 Å². The highest BCUT2D eigenvalue weighted by Crippen LogP contribution is 2.31. The van der Waals surface area contributed by atoms with Crippen molar-refractivity contribution in [2.45, 2.75) is 28.5 Å². The molecule has 2 heterocycles. The molecule has 1 amide bonds. The first kappa shape index (κ1) is 17.1. The molecule has 1 aliphatic heterocycles. The van der Waals surface area contributed by atoms with Gasteiger partial charge in [0.1, 0.15) is 4.21 Å². The maximum atomic E-state index is 12.7. The fourth-order valence-electron chi connectivity index (χ4n) is 3.03. The maximum absolute atomic E-state index is 12.7. The van der Waals surface area contributed by atoms with Gasteiger partial charge in [0.25, 0.3) is 5.91 Å². The molecule has 1 aromatic heterocycles. The summed E-state index contributed by atoms with van der Waals surface area (Å²) in [5.74, 6) is 0.203. The quantitative estimate of drug-likeness (QED) is 0.903. The Morgan fingerprint density at radius 3 is 2.58 bits per heavy atom. The predicted molar refractivity (Wildman–Crippen MR) is 93.9 cm³/mol. The lowest BCUT2D eigenvalue weighted by atomic mass is 10.1. The van der Waals surface area contributed by atoms with Crippen LogP contribution < -0.4 is 5.73 Å². The molecular formula is C17H20N2O3S2. The third-order valence-corrected chi connectivity index (χ3v) is 7.70. The van der Waals surface area contributed by atoms with E-state index in [1.165, 1.54) is 6.07 Å². The van der Waals surface area contributed by atoms with Crippen LogP contribution in [0.25, 0.3) is 0 Å². The number of amides is 1. The van der Waals surface area contributed by atoms with Crippen molar-refractivity contribution in [2.24, 2.45) is 11.7 Å². The molecule has 1 aromatic carbocycles. The van der Waals surface area contributed by atoms with Crippen LogP contribution in [0.2, 0.25) is 0 Å². The molecule has 0 spiro atoms. The molecule has 24 heavy (non-hydrogen) atoms. The average molecular weight is 364 g/mol. The van der Waals surface area contributed by atoms with Gasteiger partial charge in [-0.2, -0.15) is 0 Å². The van der Waals surface area contributed by atoms with E-state index in [4.69, 9.17) is 5.73 Å². The minimum absolute atomic E-state index is 0.113. The number of likely N-dealkylation sites (tertiary alicyclic amines) is 1. The summed E-state index contributed by atoms with van der Waals surface area (Å²) in [7, 11) is -3.58. The Morgan fingerprint density at radius 2 is 1.96 bits per heavy atom. The molecule has 2 aromatic rings. The van der Waals surface area contributed by atoms with Crippen LogP contribution in [0.15, 0.2) is 51.6 Å². The largest absolute Gasteiger partial charge is 0.335 e. The van der Waals surface area contributed by atoms with Gasteiger partial charge in [-0.05, 0) is 50.1 Å². The van der Waals surface area contributed by atoms with Gasteiger partial charge in [0, 0.05) is 12.6 Å². The normalized spacial score (nSPS) is 21.2. The summed E-state index contributed by atoms with van der Waals surface area (Å²) in [5, 5.41) is 0. The zero-order chi connectivity index (χ0) is 17.3. The monoisotopic (exact) mass is 364 g/mol. The summed E-state index contributed by atoms with van der Waals surface area (Å²) in [4.78, 5) is 15.2. The Morgan fingerprint density at radius 1 is 1.25 bits per heavy atom. The lowest BCUT2D eigenvalue weighted by Gasteiger charge is -2.20. The second-order valence-electron chi connectivity index (χ2n) is 6.08. The van der Waals surface area contributed by atoms with Gasteiger partial charge in [-0.3, -0.25) is 4.79 Å². The zero-order valence-corrected chi connectivity index (χ0v) is 15.0. The number of nitrogens with zero attached hydrogens (tertiary/aromatic N) is 1. The number of thiophene rings is 1. The molecule has 1 aliphatic rings. The van der Waals surface area contributed by atoms with Crippen molar-refractivity contribution in [3.8, 4) is 0 Å². The van der Waals surface area contributed by atoms with E-state index in [-0.39, 0.29) is 21.1 Å². The van der Waals surface area contributed by atoms with Crippen molar-refractivity contribution in [1.29, 1.82) is 0 Å². The lowest BCUT2D eigenvalue weighted by Crippen LogP contribution is -2.33. The molecule has 3 rings (SSSR count). The second-order valence-corrected chi connectivity index (χ2v) is 9.34. The highest BCUT2D eigenvalue weighted by Gasteiger charge is 2.33. The van der Waals surface area contributed by atoms with E-state index in [0.29, 0.717) is 23.9 Å². The summed E-state index contributed by atoms with van der Waals surface area (Å²) < 4.78 is 25.4. The Balaban J connectivity index is 1.85. The van der Waals surface area contributed by atoms with Crippen LogP contribution in [-0.2, 0) is 9.84 Å². The second kappa shape index (κ2) is 6.66. The third-order valence-electron chi connectivity index (χ3n) is 4.37. The predicted octanol–water partition coefficient (Wildman–Crippen LogP) is 2.39. The van der Waals surface area contributed by atoms with Gasteiger partial charge in [0.05, 0.1) is 9.77 Å². The van der Waals surface area contributed by atoms with E-state index < -0.39 is 9.84 Å². The molecule has 2 atom stereocenters. The molecule has 0 aliphatic carbocycles. The van der Waals surface area contributed by atoms with E-state index >= 15 is 0 Å². The van der Waals surface area contributed by atoms with Crippen LogP contribution in [0.3, 0.4) is 0 Å². The Hall–Kier alpha value is -1.70. The van der Waals surface area contributed by atoms with E-state index in [9.17, 15) is 13.2 Å². The number of hydrogen-bond acceptors (Lipinski definition) is 5. The summed E-state index contributed by atoms with van der Waals surface area (Å²) in [6.45, 7) is 3.20. The van der Waals surface area contributed by atoms with Crippen molar-refractivity contribution in [3.63, 3.8) is 0 Å². The molecule has 0 bridgehead atoms. The maximum Gasteiger partial charge on any atom is 0.264 e. The molecule has 1 saturated heterocycles. The fourth-order valence-corrected chi connectivity index (χ4v) is 5.72. The van der Waals surface area contributed by atoms with Gasteiger partial charge in [-0.15, -0.1) is 11.3 Å². The average Bonchev–Trinajstić information content (AvgIpc) is 3.22. The number of carbonyl (C=O) groups excluding carboxylic acids is 1. The number of hydrogen-bond donors (Lipinski definition) is 1. The van der Waals surface area contributed by atoms with E-state index in [1.54, 1.807) is 41.3 Å². The minimum Gasteiger partial charge on any atom is -0.335 e. The number of nitrogens with two attached hydrogens (primary N) is 1. The zero-order valence-electron chi connectivity index (χ0n) is 13.4. The van der Waals surface area contributed by atoms with Gasteiger partial charge in [-0.1, -0.05) is 18.2 Å². The molecule has 128 valence electrons. The standard InChI is InChI=1S/C17H20N2O3S2/c1-12-9-13(10-18)11-19(12)17(20)15-7-8-16(23-15)24(21,22)14-5-3-2-4-6-14/h2-8,12-13H,9-11,18H2,1H3. The summed E-state index contributed by atoms with van der Waals surface area (Å²) in [5.41, 5.74) is 5.71. The van der Waals surface area contributed by atoms with Crippen molar-refractivity contribution >= 4 is 27.1 Å². The van der Waals surface area contributed by atoms with E-state index in [1.807, 2.05) is 6.92 Å². The molecular weight excluding hydrogens is 344 g/mol. The highest BCUT2D eigenvalue weighted by atomic mass is 32.2. The summed E-state index contributed by atoms with van der Waals surface area (Å²) in [6.07, 6.45) is 0.892. The molecule has 2 unspecified atom stereocenters. The smallest absolute Gasteiger partial charge is 0.264 e. The van der Waals surface area contributed by atoms with Crippen molar-refractivity contribution < 1.29 is 13.2 Å². The van der Waals surface area contributed by atoms with Crippen LogP contribution in [0.4, 0.5) is 0 Å². The topological polar surface area (TPSA) is 80.5 Å². The molecule has 1 fully saturated rings. The Bertz CT molecular complexity index is 831. The van der Waals surface area contributed by atoms with Gasteiger partial charge in [-0.25, -0.2) is 8.42 Å². The van der Waals surface area contributed by atoms with E-state index in [2.05, 4.69) is 0 Å². The number of rotatable bonds is 4. The molecule has 0 saturated carbocycles. The van der Waals surface area contributed by atoms with Crippen LogP contribution in [0, 0.1) is 5.92 Å². The Labute approximate surface area is 146 Å². The number of benzene rings is 1. The molecule has 2 N–H and O–H groups in total. The molecule has 7 heteroatoms. The number of sulfone groups is 1. The van der Waals surface area contributed by atoms with Crippen LogP contribution in [-0.4, -0.2) is 38.4 Å². The lowest BCUT2D eigenvalue weighted by molar-refractivity contribution is 0.0748. The summed E-state index contributed by atoms with van der Waals surface area (Å²) >= 11 is 1.03. The van der Waals surface area contributed by atoms with Crippen LogP contribution >= 0.6 is 11.3 Å². The fraction of sp³-hybridized carbons (Fsp3) is 0.353. The molecule has 0 radical (unpaired) electrons. The summed E-state index contributed by atoms with van der Waals surface area (Å²) in [6, 6.07) is 11.5. The first-order chi connectivity index (χ1) is 11.4. The molecule has 5 nitrogen and oxygen atoms in total. The highest BCUT2D eigenvalue weighted by molar-refractivity contribution is 7.93. The van der Waals surface area contributed by atoms with Gasteiger partial charge < -0.3 is 10.6 Å². The first-order valence-corrected chi connectivity index (χ1v) is 10.1. The van der Waals surface area contributed by atoms with Crippen molar-refractivity contribution in [1.82, 2.24) is 4.90 Å². The van der Waals surface area contributed by atoms with Crippen molar-refractivity contribution in [2.75, 3.05) is 13.1 Å².